The number of halogens is 2. The van der Waals surface area contributed by atoms with Crippen molar-refractivity contribution < 1.29 is 18.6 Å². The maximum absolute atomic E-state index is 13.3. The summed E-state index contributed by atoms with van der Waals surface area (Å²) in [6.45, 7) is 4.75. The molecule has 1 aromatic rings. The molecule has 0 spiro atoms. The van der Waals surface area contributed by atoms with Crippen molar-refractivity contribution in [3.05, 3.63) is 35.4 Å². The molecule has 1 rings (SSSR count). The Labute approximate surface area is 107 Å². The lowest BCUT2D eigenvalue weighted by Gasteiger charge is -2.13. The molecule has 0 saturated carbocycles. The fraction of sp³-hybridized carbons (Fsp3) is 0.571. The molecule has 18 heavy (non-hydrogen) atoms. The number of rotatable bonds is 7. The number of hydrogen-bond acceptors (Lipinski definition) is 2. The van der Waals surface area contributed by atoms with Crippen molar-refractivity contribution in [2.75, 3.05) is 13.2 Å². The van der Waals surface area contributed by atoms with Gasteiger partial charge in [-0.1, -0.05) is 26.0 Å². The standard InChI is InChI=1S/C14H20F2O2/c1-10(2)5-4-8-18-9-13(17)11-6-3-7-12(15)14(11)16/h3,6-7,10,13,17H,4-5,8-9H2,1-2H3. The van der Waals surface area contributed by atoms with Crippen LogP contribution in [0, 0.1) is 17.6 Å². The summed E-state index contributed by atoms with van der Waals surface area (Å²) < 4.78 is 31.5. The van der Waals surface area contributed by atoms with Crippen LogP contribution in [0.3, 0.4) is 0 Å². The highest BCUT2D eigenvalue weighted by atomic mass is 19.2. The van der Waals surface area contributed by atoms with Gasteiger partial charge in [0, 0.05) is 12.2 Å². The molecule has 0 aliphatic rings. The fourth-order valence-electron chi connectivity index (χ4n) is 1.66. The Morgan fingerprint density at radius 1 is 1.28 bits per heavy atom. The Morgan fingerprint density at radius 3 is 2.67 bits per heavy atom. The van der Waals surface area contributed by atoms with E-state index >= 15 is 0 Å². The van der Waals surface area contributed by atoms with Gasteiger partial charge in [-0.05, 0) is 24.8 Å². The molecule has 0 aliphatic carbocycles. The molecule has 0 aromatic heterocycles. The lowest BCUT2D eigenvalue weighted by molar-refractivity contribution is 0.0317. The van der Waals surface area contributed by atoms with E-state index < -0.39 is 17.7 Å². The Hall–Kier alpha value is -1.00. The molecule has 1 unspecified atom stereocenters. The summed E-state index contributed by atoms with van der Waals surface area (Å²) in [5.41, 5.74) is -0.0566. The molecule has 1 N–H and O–H groups in total. The van der Waals surface area contributed by atoms with Crippen LogP contribution in [0.15, 0.2) is 18.2 Å². The average molecular weight is 258 g/mol. The second-order valence-corrected chi connectivity index (χ2v) is 4.77. The lowest BCUT2D eigenvalue weighted by Crippen LogP contribution is -2.11. The van der Waals surface area contributed by atoms with Crippen molar-refractivity contribution in [2.45, 2.75) is 32.8 Å². The fourth-order valence-corrected chi connectivity index (χ4v) is 1.66. The second-order valence-electron chi connectivity index (χ2n) is 4.77. The van der Waals surface area contributed by atoms with E-state index in [1.807, 2.05) is 0 Å². The zero-order chi connectivity index (χ0) is 13.5. The van der Waals surface area contributed by atoms with Gasteiger partial charge < -0.3 is 9.84 Å². The molecule has 0 saturated heterocycles. The van der Waals surface area contributed by atoms with Crippen LogP contribution in [0.25, 0.3) is 0 Å². The Morgan fingerprint density at radius 2 is 2.00 bits per heavy atom. The molecule has 102 valence electrons. The Balaban J connectivity index is 2.36. The van der Waals surface area contributed by atoms with E-state index in [9.17, 15) is 13.9 Å². The van der Waals surface area contributed by atoms with Crippen LogP contribution in [0.2, 0.25) is 0 Å². The number of benzene rings is 1. The third-order valence-corrected chi connectivity index (χ3v) is 2.69. The summed E-state index contributed by atoms with van der Waals surface area (Å²) in [5.74, 6) is -1.35. The van der Waals surface area contributed by atoms with Crippen LogP contribution in [-0.4, -0.2) is 18.3 Å². The van der Waals surface area contributed by atoms with E-state index in [1.165, 1.54) is 12.1 Å². The molecule has 4 heteroatoms. The van der Waals surface area contributed by atoms with E-state index in [0.29, 0.717) is 12.5 Å². The first-order chi connectivity index (χ1) is 8.52. The first-order valence-electron chi connectivity index (χ1n) is 6.22. The van der Waals surface area contributed by atoms with Gasteiger partial charge in [-0.3, -0.25) is 0 Å². The van der Waals surface area contributed by atoms with Crippen molar-refractivity contribution in [3.63, 3.8) is 0 Å². The third kappa shape index (κ3) is 4.70. The monoisotopic (exact) mass is 258 g/mol. The van der Waals surface area contributed by atoms with Gasteiger partial charge in [-0.25, -0.2) is 8.78 Å². The van der Waals surface area contributed by atoms with E-state index in [1.54, 1.807) is 0 Å². The first-order valence-corrected chi connectivity index (χ1v) is 6.22. The second kappa shape index (κ2) is 7.44. The largest absolute Gasteiger partial charge is 0.386 e. The summed E-state index contributed by atoms with van der Waals surface area (Å²) in [5, 5.41) is 9.70. The van der Waals surface area contributed by atoms with Crippen molar-refractivity contribution in [3.8, 4) is 0 Å². The normalized spacial score (nSPS) is 13.0. The summed E-state index contributed by atoms with van der Waals surface area (Å²) >= 11 is 0. The van der Waals surface area contributed by atoms with Crippen molar-refractivity contribution in [1.29, 1.82) is 0 Å². The van der Waals surface area contributed by atoms with E-state index in [4.69, 9.17) is 4.74 Å². The van der Waals surface area contributed by atoms with Crippen LogP contribution < -0.4 is 0 Å². The zero-order valence-corrected chi connectivity index (χ0v) is 10.8. The molecule has 2 nitrogen and oxygen atoms in total. The first kappa shape index (κ1) is 15.1. The van der Waals surface area contributed by atoms with Gasteiger partial charge in [-0.2, -0.15) is 0 Å². The predicted molar refractivity (Wildman–Crippen MR) is 66.2 cm³/mol. The smallest absolute Gasteiger partial charge is 0.164 e. The van der Waals surface area contributed by atoms with Gasteiger partial charge in [0.15, 0.2) is 11.6 Å². The van der Waals surface area contributed by atoms with E-state index in [0.717, 1.165) is 18.9 Å². The summed E-state index contributed by atoms with van der Waals surface area (Å²) in [7, 11) is 0. The Kier molecular flexibility index (Phi) is 6.22. The SMILES string of the molecule is CC(C)CCCOCC(O)c1cccc(F)c1F. The Bertz CT molecular complexity index is 367. The molecule has 0 amide bonds. The van der Waals surface area contributed by atoms with Crippen LogP contribution in [0.4, 0.5) is 8.78 Å². The molecular weight excluding hydrogens is 238 g/mol. The van der Waals surface area contributed by atoms with Crippen molar-refractivity contribution in [1.82, 2.24) is 0 Å². The summed E-state index contributed by atoms with van der Waals surface area (Å²) in [6.07, 6.45) is 0.820. The molecular formula is C14H20F2O2. The third-order valence-electron chi connectivity index (χ3n) is 2.69. The molecule has 1 aromatic carbocycles. The minimum absolute atomic E-state index is 0.0154. The highest BCUT2D eigenvalue weighted by Gasteiger charge is 2.15. The van der Waals surface area contributed by atoms with Crippen molar-refractivity contribution in [2.24, 2.45) is 5.92 Å². The molecule has 1 atom stereocenters. The maximum Gasteiger partial charge on any atom is 0.164 e. The number of aliphatic hydroxyl groups is 1. The van der Waals surface area contributed by atoms with E-state index in [-0.39, 0.29) is 12.2 Å². The molecule has 0 heterocycles. The molecule has 0 radical (unpaired) electrons. The minimum Gasteiger partial charge on any atom is -0.386 e. The van der Waals surface area contributed by atoms with Gasteiger partial charge in [0.05, 0.1) is 6.61 Å². The van der Waals surface area contributed by atoms with Crippen molar-refractivity contribution >= 4 is 0 Å². The van der Waals surface area contributed by atoms with E-state index in [2.05, 4.69) is 13.8 Å². The topological polar surface area (TPSA) is 29.5 Å². The van der Waals surface area contributed by atoms with Gasteiger partial charge in [0.1, 0.15) is 6.10 Å². The van der Waals surface area contributed by atoms with Gasteiger partial charge in [0.25, 0.3) is 0 Å². The van der Waals surface area contributed by atoms with Crippen LogP contribution in [-0.2, 0) is 4.74 Å². The summed E-state index contributed by atoms with van der Waals surface area (Å²) in [4.78, 5) is 0. The van der Waals surface area contributed by atoms with Crippen LogP contribution in [0.5, 0.6) is 0 Å². The van der Waals surface area contributed by atoms with Gasteiger partial charge >= 0.3 is 0 Å². The number of hydrogen-bond donors (Lipinski definition) is 1. The van der Waals surface area contributed by atoms with Crippen LogP contribution in [0.1, 0.15) is 38.4 Å². The van der Waals surface area contributed by atoms with Gasteiger partial charge in [-0.15, -0.1) is 0 Å². The molecule has 0 aliphatic heterocycles. The predicted octanol–water partition coefficient (Wildman–Crippen LogP) is 3.45. The highest BCUT2D eigenvalue weighted by Crippen LogP contribution is 2.19. The molecule has 0 fully saturated rings. The average Bonchev–Trinajstić information content (AvgIpc) is 2.31. The number of ether oxygens (including phenoxy) is 1. The van der Waals surface area contributed by atoms with Gasteiger partial charge in [0.2, 0.25) is 0 Å². The maximum atomic E-state index is 13.3. The quantitative estimate of drug-likeness (QED) is 0.759. The highest BCUT2D eigenvalue weighted by molar-refractivity contribution is 5.21. The van der Waals surface area contributed by atoms with Crippen LogP contribution >= 0.6 is 0 Å². The summed E-state index contributed by atoms with van der Waals surface area (Å²) in [6, 6.07) is 3.76. The minimum atomic E-state index is -1.13. The number of aliphatic hydroxyl groups excluding tert-OH is 1. The lowest BCUT2D eigenvalue weighted by atomic mass is 10.1. The molecule has 0 bridgehead atoms. The zero-order valence-electron chi connectivity index (χ0n) is 10.8.